The van der Waals surface area contributed by atoms with Crippen LogP contribution in [-0.2, 0) is 0 Å². The van der Waals surface area contributed by atoms with Crippen LogP contribution >= 0.6 is 11.3 Å². The quantitative estimate of drug-likeness (QED) is 0.425. The van der Waals surface area contributed by atoms with Gasteiger partial charge in [0.2, 0.25) is 0 Å². The molecule has 0 fully saturated rings. The van der Waals surface area contributed by atoms with Crippen molar-refractivity contribution in [2.24, 2.45) is 0 Å². The van der Waals surface area contributed by atoms with Gasteiger partial charge in [-0.3, -0.25) is 14.2 Å². The molecule has 2 heterocycles. The van der Waals surface area contributed by atoms with E-state index in [1.165, 1.54) is 0 Å². The number of benzene rings is 3. The highest BCUT2D eigenvalue weighted by Gasteiger charge is 2.11. The summed E-state index contributed by atoms with van der Waals surface area (Å²) < 4.78 is 1.56. The van der Waals surface area contributed by atoms with E-state index in [0.717, 1.165) is 10.6 Å². The lowest BCUT2D eigenvalue weighted by Gasteiger charge is -2.12. The average Bonchev–Trinajstić information content (AvgIpc) is 3.35. The summed E-state index contributed by atoms with van der Waals surface area (Å²) >= 11 is 1.57. The van der Waals surface area contributed by atoms with Gasteiger partial charge in [0.05, 0.1) is 16.6 Å². The molecule has 0 bridgehead atoms. The second-order valence-corrected chi connectivity index (χ2v) is 8.13. The van der Waals surface area contributed by atoms with Crippen LogP contribution in [0.1, 0.15) is 16.2 Å². The highest BCUT2D eigenvalue weighted by Crippen LogP contribution is 2.23. The molecule has 32 heavy (non-hydrogen) atoms. The third kappa shape index (κ3) is 3.70. The number of fused-ring (bicyclic) bond motifs is 1. The van der Waals surface area contributed by atoms with Crippen LogP contribution in [0.5, 0.6) is 0 Å². The molecule has 3 aromatic carbocycles. The van der Waals surface area contributed by atoms with Crippen LogP contribution in [0.15, 0.2) is 89.2 Å². The number of amides is 1. The largest absolute Gasteiger partial charge is 0.322 e. The van der Waals surface area contributed by atoms with Crippen molar-refractivity contribution in [1.82, 2.24) is 14.5 Å². The number of hydrogen-bond acceptors (Lipinski definition) is 5. The number of hydrogen-bond donors (Lipinski definition) is 1. The Morgan fingerprint density at radius 1 is 0.969 bits per heavy atom. The van der Waals surface area contributed by atoms with Crippen molar-refractivity contribution in [2.45, 2.75) is 6.92 Å². The topological polar surface area (TPSA) is 76.9 Å². The molecule has 6 nitrogen and oxygen atoms in total. The van der Waals surface area contributed by atoms with E-state index < -0.39 is 0 Å². The fourth-order valence-electron chi connectivity index (χ4n) is 3.58. The Bertz CT molecular complexity index is 1470. The van der Waals surface area contributed by atoms with Gasteiger partial charge >= 0.3 is 0 Å². The van der Waals surface area contributed by atoms with Gasteiger partial charge in [-0.05, 0) is 67.6 Å². The minimum atomic E-state index is -0.223. The fourth-order valence-corrected chi connectivity index (χ4v) is 4.22. The normalized spacial score (nSPS) is 10.9. The van der Waals surface area contributed by atoms with Crippen LogP contribution in [0, 0.1) is 6.92 Å². The molecule has 0 aliphatic carbocycles. The van der Waals surface area contributed by atoms with E-state index in [0.29, 0.717) is 33.7 Å². The molecule has 0 radical (unpaired) electrons. The third-order valence-corrected chi connectivity index (χ3v) is 5.98. The SMILES string of the molecule is Cc1nc2ccccc2c(=O)n1-c1ccc(C(=O)Nc2ccc(-c3nccs3)cc2)cc1. The number of thiazole rings is 1. The summed E-state index contributed by atoms with van der Waals surface area (Å²) in [5.41, 5.74) is 3.40. The van der Waals surface area contributed by atoms with Gasteiger partial charge in [-0.2, -0.15) is 0 Å². The number of aryl methyl sites for hydroxylation is 1. The molecule has 0 spiro atoms. The number of rotatable bonds is 4. The number of anilines is 1. The van der Waals surface area contributed by atoms with Crippen LogP contribution in [-0.4, -0.2) is 20.4 Å². The van der Waals surface area contributed by atoms with E-state index in [-0.39, 0.29) is 11.5 Å². The predicted molar refractivity (Wildman–Crippen MR) is 128 cm³/mol. The molecule has 1 amide bonds. The first-order valence-corrected chi connectivity index (χ1v) is 10.9. The van der Waals surface area contributed by atoms with Crippen LogP contribution in [0.3, 0.4) is 0 Å². The van der Waals surface area contributed by atoms with Gasteiger partial charge in [-0.1, -0.05) is 12.1 Å². The first-order valence-electron chi connectivity index (χ1n) is 10.0. The van der Waals surface area contributed by atoms with Crippen molar-refractivity contribution in [3.05, 3.63) is 106 Å². The Morgan fingerprint density at radius 3 is 2.44 bits per heavy atom. The Balaban J connectivity index is 1.37. The first kappa shape index (κ1) is 19.8. The highest BCUT2D eigenvalue weighted by molar-refractivity contribution is 7.13. The molecule has 0 saturated carbocycles. The number of aromatic nitrogens is 3. The average molecular weight is 439 g/mol. The lowest BCUT2D eigenvalue weighted by Crippen LogP contribution is -2.22. The standard InChI is InChI=1S/C25H18N4O2S/c1-16-27-22-5-3-2-4-21(22)25(31)29(16)20-12-8-17(9-13-20)23(30)28-19-10-6-18(7-11-19)24-26-14-15-32-24/h2-15H,1H3,(H,28,30). The molecular weight excluding hydrogens is 420 g/mol. The van der Waals surface area contributed by atoms with Gasteiger partial charge in [-0.25, -0.2) is 9.97 Å². The van der Waals surface area contributed by atoms with Crippen molar-refractivity contribution >= 4 is 33.8 Å². The van der Waals surface area contributed by atoms with E-state index in [1.807, 2.05) is 47.8 Å². The van der Waals surface area contributed by atoms with Gasteiger partial charge in [0.1, 0.15) is 10.8 Å². The number of nitrogens with one attached hydrogen (secondary N) is 1. The fraction of sp³-hybridized carbons (Fsp3) is 0.0400. The van der Waals surface area contributed by atoms with E-state index in [2.05, 4.69) is 15.3 Å². The molecule has 156 valence electrons. The smallest absolute Gasteiger partial charge is 0.265 e. The molecule has 0 aliphatic rings. The van der Waals surface area contributed by atoms with Gasteiger partial charge in [0.25, 0.3) is 11.5 Å². The first-order chi connectivity index (χ1) is 15.6. The zero-order valence-electron chi connectivity index (χ0n) is 17.1. The van der Waals surface area contributed by atoms with Crippen LogP contribution < -0.4 is 10.9 Å². The summed E-state index contributed by atoms with van der Waals surface area (Å²) in [6.07, 6.45) is 1.77. The number of carbonyl (C=O) groups is 1. The number of nitrogens with zero attached hydrogens (tertiary/aromatic N) is 3. The third-order valence-electron chi connectivity index (χ3n) is 5.15. The Kier molecular flexibility index (Phi) is 5.09. The lowest BCUT2D eigenvalue weighted by molar-refractivity contribution is 0.102. The summed E-state index contributed by atoms with van der Waals surface area (Å²) in [7, 11) is 0. The summed E-state index contributed by atoms with van der Waals surface area (Å²) in [6.45, 7) is 1.80. The molecule has 5 aromatic rings. The molecular formula is C25H18N4O2S. The second kappa shape index (κ2) is 8.20. The van der Waals surface area contributed by atoms with E-state index in [1.54, 1.807) is 59.4 Å². The number of carbonyl (C=O) groups excluding carboxylic acids is 1. The van der Waals surface area contributed by atoms with Gasteiger partial charge in [0.15, 0.2) is 0 Å². The maximum Gasteiger partial charge on any atom is 0.265 e. The Morgan fingerprint density at radius 2 is 1.72 bits per heavy atom. The van der Waals surface area contributed by atoms with Crippen molar-refractivity contribution in [3.8, 4) is 16.3 Å². The minimum absolute atomic E-state index is 0.134. The van der Waals surface area contributed by atoms with Crippen molar-refractivity contribution in [3.63, 3.8) is 0 Å². The maximum atomic E-state index is 13.0. The summed E-state index contributed by atoms with van der Waals surface area (Å²) in [5.74, 6) is 0.366. The highest BCUT2D eigenvalue weighted by atomic mass is 32.1. The predicted octanol–water partition coefficient (Wildman–Crippen LogP) is 5.07. The van der Waals surface area contributed by atoms with Crippen molar-refractivity contribution < 1.29 is 4.79 Å². The van der Waals surface area contributed by atoms with Crippen LogP contribution in [0.2, 0.25) is 0 Å². The summed E-state index contributed by atoms with van der Waals surface area (Å²) in [4.78, 5) is 34.5. The molecule has 2 aromatic heterocycles. The van der Waals surface area contributed by atoms with Gasteiger partial charge in [-0.15, -0.1) is 11.3 Å². The molecule has 0 atom stereocenters. The molecule has 0 aliphatic heterocycles. The molecule has 1 N–H and O–H groups in total. The Hall–Kier alpha value is -4.10. The monoisotopic (exact) mass is 438 g/mol. The van der Waals surface area contributed by atoms with E-state index in [9.17, 15) is 9.59 Å². The van der Waals surface area contributed by atoms with E-state index in [4.69, 9.17) is 0 Å². The zero-order valence-corrected chi connectivity index (χ0v) is 18.0. The Labute approximate surface area is 187 Å². The lowest BCUT2D eigenvalue weighted by atomic mass is 10.1. The van der Waals surface area contributed by atoms with Crippen molar-refractivity contribution in [1.29, 1.82) is 0 Å². The van der Waals surface area contributed by atoms with E-state index >= 15 is 0 Å². The summed E-state index contributed by atoms with van der Waals surface area (Å²) in [5, 5.41) is 6.32. The van der Waals surface area contributed by atoms with Gasteiger partial charge in [0, 0.05) is 28.4 Å². The molecule has 7 heteroatoms. The zero-order chi connectivity index (χ0) is 22.1. The molecule has 0 saturated heterocycles. The second-order valence-electron chi connectivity index (χ2n) is 7.23. The van der Waals surface area contributed by atoms with Crippen LogP contribution in [0.4, 0.5) is 5.69 Å². The maximum absolute atomic E-state index is 13.0. The molecule has 5 rings (SSSR count). The van der Waals surface area contributed by atoms with Crippen molar-refractivity contribution in [2.75, 3.05) is 5.32 Å². The number of para-hydroxylation sites is 1. The molecule has 0 unspecified atom stereocenters. The minimum Gasteiger partial charge on any atom is -0.322 e. The van der Waals surface area contributed by atoms with Gasteiger partial charge < -0.3 is 5.32 Å². The summed E-state index contributed by atoms with van der Waals surface area (Å²) in [6, 6.07) is 21.8. The van der Waals surface area contributed by atoms with Crippen LogP contribution in [0.25, 0.3) is 27.2 Å².